The van der Waals surface area contributed by atoms with E-state index in [0.717, 1.165) is 16.8 Å². The Balaban J connectivity index is 1.53. The van der Waals surface area contributed by atoms with Gasteiger partial charge in [0.25, 0.3) is 0 Å². The maximum atomic E-state index is 4.94. The first-order chi connectivity index (χ1) is 20.5. The minimum Gasteiger partial charge on any atom is -0.311 e. The lowest BCUT2D eigenvalue weighted by Gasteiger charge is -2.40. The average molecular weight is 541 g/mol. The molecule has 2 heterocycles. The van der Waals surface area contributed by atoms with Crippen LogP contribution in [0.4, 0.5) is 17.1 Å². The highest BCUT2D eigenvalue weighted by molar-refractivity contribution is 6.99. The number of hydrogen-bond donors (Lipinski definition) is 0. The van der Waals surface area contributed by atoms with Crippen LogP contribution < -0.4 is 21.3 Å². The first-order valence-corrected chi connectivity index (χ1v) is 14.7. The predicted molar refractivity (Wildman–Crippen MR) is 180 cm³/mol. The van der Waals surface area contributed by atoms with E-state index < -0.39 is 0 Å². The number of anilines is 3. The Bertz CT molecular complexity index is 1890. The molecule has 0 saturated heterocycles. The molecule has 1 aliphatic rings. The van der Waals surface area contributed by atoms with Gasteiger partial charge in [-0.05, 0) is 79.1 Å². The predicted octanol–water partition coefficient (Wildman–Crippen LogP) is 7.95. The number of rotatable bonds is 4. The second-order valence-electron chi connectivity index (χ2n) is 11.4. The van der Waals surface area contributed by atoms with Crippen LogP contribution in [0.2, 0.25) is 0 Å². The first-order valence-electron chi connectivity index (χ1n) is 14.7. The number of aryl methyl sites for hydroxylation is 4. The fourth-order valence-corrected chi connectivity index (χ4v) is 6.84. The van der Waals surface area contributed by atoms with Crippen molar-refractivity contribution >= 4 is 40.2 Å². The fourth-order valence-electron chi connectivity index (χ4n) is 6.84. The molecule has 0 atom stereocenters. The average Bonchev–Trinajstić information content (AvgIpc) is 3.02. The summed E-state index contributed by atoms with van der Waals surface area (Å²) < 4.78 is 0. The summed E-state index contributed by atoms with van der Waals surface area (Å²) in [5, 5.41) is 0. The van der Waals surface area contributed by atoms with Gasteiger partial charge in [0.15, 0.2) is 0 Å². The van der Waals surface area contributed by atoms with Crippen molar-refractivity contribution in [1.82, 2.24) is 4.98 Å². The molecule has 0 N–H and O–H groups in total. The van der Waals surface area contributed by atoms with Crippen molar-refractivity contribution in [3.63, 3.8) is 0 Å². The van der Waals surface area contributed by atoms with E-state index in [-0.39, 0.29) is 6.71 Å². The van der Waals surface area contributed by atoms with Crippen molar-refractivity contribution in [2.24, 2.45) is 0 Å². The van der Waals surface area contributed by atoms with E-state index in [0.29, 0.717) is 0 Å². The highest BCUT2D eigenvalue weighted by Gasteiger charge is 2.38. The standard InChI is InChI=1S/C39H33BN2/c1-26-13-10-14-27(2)37(26)40-33-20-8-9-21-35(33)42(39-28(3)15-11-16-29(39)4)36-22-12-19-32(38(36)40)31-23-24-34(41-25-31)30-17-6-5-7-18-30/h5-25H,1-4H3. The molecule has 2 nitrogen and oxygen atoms in total. The lowest BCUT2D eigenvalue weighted by Crippen LogP contribution is -2.59. The molecule has 5 aromatic carbocycles. The van der Waals surface area contributed by atoms with E-state index in [9.17, 15) is 0 Å². The Morgan fingerprint density at radius 3 is 1.81 bits per heavy atom. The summed E-state index contributed by atoms with van der Waals surface area (Å²) >= 11 is 0. The van der Waals surface area contributed by atoms with Crippen LogP contribution in [0.25, 0.3) is 22.4 Å². The van der Waals surface area contributed by atoms with Crippen molar-refractivity contribution in [1.29, 1.82) is 0 Å². The van der Waals surface area contributed by atoms with Crippen LogP contribution in [0.5, 0.6) is 0 Å². The van der Waals surface area contributed by atoms with Gasteiger partial charge >= 0.3 is 0 Å². The fraction of sp³-hybridized carbons (Fsp3) is 0.103. The third-order valence-corrected chi connectivity index (χ3v) is 8.74. The van der Waals surface area contributed by atoms with Crippen molar-refractivity contribution in [3.05, 3.63) is 150 Å². The van der Waals surface area contributed by atoms with Crippen LogP contribution in [0.15, 0.2) is 128 Å². The molecule has 3 heteroatoms. The number of fused-ring (bicyclic) bond motifs is 2. The van der Waals surface area contributed by atoms with E-state index in [1.165, 1.54) is 61.3 Å². The van der Waals surface area contributed by atoms with Gasteiger partial charge < -0.3 is 4.90 Å². The smallest absolute Gasteiger partial charge is 0.248 e. The molecule has 6 aromatic rings. The minimum atomic E-state index is 0.0861. The Morgan fingerprint density at radius 2 is 1.12 bits per heavy atom. The summed E-state index contributed by atoms with van der Waals surface area (Å²) in [7, 11) is 0. The number of benzene rings is 5. The van der Waals surface area contributed by atoms with Gasteiger partial charge in [-0.15, -0.1) is 0 Å². The number of aromatic nitrogens is 1. The maximum Gasteiger partial charge on any atom is 0.248 e. The highest BCUT2D eigenvalue weighted by Crippen LogP contribution is 2.41. The molecule has 0 spiro atoms. The van der Waals surface area contributed by atoms with Gasteiger partial charge in [0.05, 0.1) is 11.4 Å². The molecular weight excluding hydrogens is 507 g/mol. The van der Waals surface area contributed by atoms with E-state index >= 15 is 0 Å². The van der Waals surface area contributed by atoms with Crippen molar-refractivity contribution in [2.75, 3.05) is 4.90 Å². The molecule has 0 unspecified atom stereocenters. The van der Waals surface area contributed by atoms with E-state index in [4.69, 9.17) is 4.98 Å². The highest BCUT2D eigenvalue weighted by atomic mass is 15.2. The molecule has 202 valence electrons. The van der Waals surface area contributed by atoms with Crippen LogP contribution in [0.3, 0.4) is 0 Å². The number of pyridine rings is 1. The Hall–Kier alpha value is -4.89. The topological polar surface area (TPSA) is 16.1 Å². The van der Waals surface area contributed by atoms with E-state index in [1.807, 2.05) is 12.3 Å². The molecule has 7 rings (SSSR count). The second-order valence-corrected chi connectivity index (χ2v) is 11.4. The van der Waals surface area contributed by atoms with Gasteiger partial charge in [0.2, 0.25) is 6.71 Å². The van der Waals surface area contributed by atoms with E-state index in [1.54, 1.807) is 0 Å². The zero-order valence-corrected chi connectivity index (χ0v) is 24.6. The number of nitrogens with zero attached hydrogens (tertiary/aromatic N) is 2. The normalized spacial score (nSPS) is 12.2. The summed E-state index contributed by atoms with van der Waals surface area (Å²) in [6, 6.07) is 43.8. The quantitative estimate of drug-likeness (QED) is 0.211. The minimum absolute atomic E-state index is 0.0861. The maximum absolute atomic E-state index is 4.94. The molecule has 0 saturated carbocycles. The lowest BCUT2D eigenvalue weighted by atomic mass is 9.33. The van der Waals surface area contributed by atoms with Crippen molar-refractivity contribution < 1.29 is 0 Å². The van der Waals surface area contributed by atoms with Gasteiger partial charge in [-0.3, -0.25) is 4.98 Å². The summed E-state index contributed by atoms with van der Waals surface area (Å²) in [6.07, 6.45) is 2.05. The van der Waals surface area contributed by atoms with Gasteiger partial charge in [-0.1, -0.05) is 120 Å². The third-order valence-electron chi connectivity index (χ3n) is 8.74. The van der Waals surface area contributed by atoms with Gasteiger partial charge in [0, 0.05) is 23.1 Å². The lowest BCUT2D eigenvalue weighted by molar-refractivity contribution is 1.22. The van der Waals surface area contributed by atoms with Crippen molar-refractivity contribution in [2.45, 2.75) is 27.7 Å². The summed E-state index contributed by atoms with van der Waals surface area (Å²) in [6.45, 7) is 9.03. The van der Waals surface area contributed by atoms with Gasteiger partial charge in [0.1, 0.15) is 0 Å². The van der Waals surface area contributed by atoms with Crippen LogP contribution in [0, 0.1) is 27.7 Å². The second kappa shape index (κ2) is 10.5. The Morgan fingerprint density at radius 1 is 0.500 bits per heavy atom. The summed E-state index contributed by atoms with van der Waals surface area (Å²) in [5.74, 6) is 0. The summed E-state index contributed by atoms with van der Waals surface area (Å²) in [4.78, 5) is 7.44. The Kier molecular flexibility index (Phi) is 6.51. The van der Waals surface area contributed by atoms with Crippen LogP contribution >= 0.6 is 0 Å². The number of hydrogen-bond acceptors (Lipinski definition) is 2. The molecule has 0 radical (unpaired) electrons. The number of para-hydroxylation sites is 2. The SMILES string of the molecule is Cc1cccc(C)c1B1c2ccccc2N(c2c(C)cccc2C)c2cccc(-c3ccc(-c4ccccc4)nc3)c21. The van der Waals surface area contributed by atoms with Crippen LogP contribution in [-0.4, -0.2) is 11.7 Å². The van der Waals surface area contributed by atoms with Crippen LogP contribution in [0.1, 0.15) is 22.3 Å². The zero-order valence-electron chi connectivity index (χ0n) is 24.6. The zero-order chi connectivity index (χ0) is 28.8. The monoisotopic (exact) mass is 540 g/mol. The van der Waals surface area contributed by atoms with E-state index in [2.05, 4.69) is 148 Å². The van der Waals surface area contributed by atoms with Gasteiger partial charge in [-0.2, -0.15) is 0 Å². The van der Waals surface area contributed by atoms with Gasteiger partial charge in [-0.25, -0.2) is 0 Å². The molecule has 0 fully saturated rings. The van der Waals surface area contributed by atoms with Crippen LogP contribution in [-0.2, 0) is 0 Å². The summed E-state index contributed by atoms with van der Waals surface area (Å²) in [5.41, 5.74) is 17.4. The van der Waals surface area contributed by atoms with Crippen molar-refractivity contribution in [3.8, 4) is 22.4 Å². The molecule has 0 aliphatic carbocycles. The molecule has 1 aromatic heterocycles. The molecule has 0 amide bonds. The largest absolute Gasteiger partial charge is 0.311 e. The molecule has 42 heavy (non-hydrogen) atoms. The molecule has 1 aliphatic heterocycles. The molecule has 0 bridgehead atoms. The Labute approximate surface area is 249 Å². The first kappa shape index (κ1) is 26.0. The molecular formula is C39H33BN2. The third kappa shape index (κ3) is 4.25.